The zero-order chi connectivity index (χ0) is 19.5. The Morgan fingerprint density at radius 1 is 0.964 bits per heavy atom. The van der Waals surface area contributed by atoms with Crippen LogP contribution in [-0.4, -0.2) is 28.3 Å². The zero-order valence-electron chi connectivity index (χ0n) is 15.6. The standard InChI is InChI=1S/C23H22N2O3/c1-16(26)24-17-10-12-19(13-11-17)28-15-18(27)14-25-22-8-4-2-6-20(22)21-7-3-5-9-23(21)25/h2-13,18,27H,14-15H2,1H3,(H,24,26)/t18-/m0/s1. The molecule has 0 aliphatic heterocycles. The zero-order valence-corrected chi connectivity index (χ0v) is 15.6. The highest BCUT2D eigenvalue weighted by Crippen LogP contribution is 2.29. The van der Waals surface area contributed by atoms with Crippen LogP contribution in [0.2, 0.25) is 0 Å². The van der Waals surface area contributed by atoms with E-state index < -0.39 is 6.10 Å². The molecule has 1 aromatic heterocycles. The maximum atomic E-state index is 11.1. The van der Waals surface area contributed by atoms with Crippen molar-refractivity contribution < 1.29 is 14.6 Å². The average Bonchev–Trinajstić information content (AvgIpc) is 3.01. The molecule has 142 valence electrons. The largest absolute Gasteiger partial charge is 0.491 e. The van der Waals surface area contributed by atoms with E-state index >= 15 is 0 Å². The Labute approximate surface area is 163 Å². The minimum Gasteiger partial charge on any atom is -0.491 e. The molecule has 1 amide bonds. The summed E-state index contributed by atoms with van der Waals surface area (Å²) in [5.41, 5.74) is 2.91. The van der Waals surface area contributed by atoms with Gasteiger partial charge in [-0.25, -0.2) is 0 Å². The highest BCUT2D eigenvalue weighted by atomic mass is 16.5. The first-order valence-electron chi connectivity index (χ1n) is 9.26. The van der Waals surface area contributed by atoms with Crippen LogP contribution >= 0.6 is 0 Å². The van der Waals surface area contributed by atoms with Crippen LogP contribution in [0.3, 0.4) is 0 Å². The van der Waals surface area contributed by atoms with E-state index in [4.69, 9.17) is 4.74 Å². The summed E-state index contributed by atoms with van der Waals surface area (Å²) in [5.74, 6) is 0.533. The van der Waals surface area contributed by atoms with Gasteiger partial charge in [0, 0.05) is 34.4 Å². The Morgan fingerprint density at radius 3 is 2.11 bits per heavy atom. The number of aliphatic hydroxyl groups is 1. The maximum Gasteiger partial charge on any atom is 0.221 e. The molecule has 2 N–H and O–H groups in total. The Morgan fingerprint density at radius 2 is 1.54 bits per heavy atom. The first kappa shape index (κ1) is 18.1. The molecule has 4 aromatic rings. The number of carbonyl (C=O) groups excluding carboxylic acids is 1. The SMILES string of the molecule is CC(=O)Nc1ccc(OC[C@@H](O)Cn2c3ccccc3c3ccccc32)cc1. The van der Waals surface area contributed by atoms with Crippen LogP contribution in [-0.2, 0) is 11.3 Å². The number of para-hydroxylation sites is 2. The van der Waals surface area contributed by atoms with Gasteiger partial charge in [0.25, 0.3) is 0 Å². The average molecular weight is 374 g/mol. The second-order valence-corrected chi connectivity index (χ2v) is 6.82. The van der Waals surface area contributed by atoms with Gasteiger partial charge in [-0.3, -0.25) is 4.79 Å². The van der Waals surface area contributed by atoms with E-state index in [1.165, 1.54) is 17.7 Å². The first-order chi connectivity index (χ1) is 13.6. The number of carbonyl (C=O) groups is 1. The molecular formula is C23H22N2O3. The van der Waals surface area contributed by atoms with Gasteiger partial charge in [0.05, 0.1) is 6.54 Å². The van der Waals surface area contributed by atoms with Gasteiger partial charge in [-0.2, -0.15) is 0 Å². The van der Waals surface area contributed by atoms with Gasteiger partial charge in [-0.15, -0.1) is 0 Å². The molecule has 0 saturated heterocycles. The number of nitrogens with one attached hydrogen (secondary N) is 1. The van der Waals surface area contributed by atoms with Crippen molar-refractivity contribution in [2.24, 2.45) is 0 Å². The molecule has 0 spiro atoms. The first-order valence-corrected chi connectivity index (χ1v) is 9.26. The number of nitrogens with zero attached hydrogens (tertiary/aromatic N) is 1. The van der Waals surface area contributed by atoms with E-state index in [-0.39, 0.29) is 12.5 Å². The highest BCUT2D eigenvalue weighted by molar-refractivity contribution is 6.07. The summed E-state index contributed by atoms with van der Waals surface area (Å²) in [4.78, 5) is 11.1. The minimum atomic E-state index is -0.658. The Balaban J connectivity index is 1.48. The van der Waals surface area contributed by atoms with Crippen LogP contribution in [0.4, 0.5) is 5.69 Å². The predicted octanol–water partition coefficient (Wildman–Crippen LogP) is 4.19. The van der Waals surface area contributed by atoms with E-state index in [1.54, 1.807) is 24.3 Å². The van der Waals surface area contributed by atoms with Crippen molar-refractivity contribution in [2.45, 2.75) is 19.6 Å². The van der Waals surface area contributed by atoms with Gasteiger partial charge >= 0.3 is 0 Å². The molecule has 0 aliphatic carbocycles. The number of benzene rings is 3. The van der Waals surface area contributed by atoms with Gasteiger partial charge in [0.2, 0.25) is 5.91 Å². The number of hydrogen-bond acceptors (Lipinski definition) is 3. The minimum absolute atomic E-state index is 0.115. The molecule has 0 saturated carbocycles. The van der Waals surface area contributed by atoms with E-state index in [0.29, 0.717) is 18.0 Å². The van der Waals surface area contributed by atoms with Gasteiger partial charge < -0.3 is 19.7 Å². The number of anilines is 1. The summed E-state index contributed by atoms with van der Waals surface area (Å²) in [7, 11) is 0. The topological polar surface area (TPSA) is 63.5 Å². The van der Waals surface area contributed by atoms with E-state index in [9.17, 15) is 9.90 Å². The lowest BCUT2D eigenvalue weighted by atomic mass is 10.2. The van der Waals surface area contributed by atoms with Crippen LogP contribution in [0.5, 0.6) is 5.75 Å². The van der Waals surface area contributed by atoms with Crippen LogP contribution < -0.4 is 10.1 Å². The molecular weight excluding hydrogens is 352 g/mol. The predicted molar refractivity (Wildman–Crippen MR) is 112 cm³/mol. The second-order valence-electron chi connectivity index (χ2n) is 6.82. The van der Waals surface area contributed by atoms with Crippen LogP contribution in [0.1, 0.15) is 6.92 Å². The lowest BCUT2D eigenvalue weighted by Gasteiger charge is -2.15. The van der Waals surface area contributed by atoms with Crippen LogP contribution in [0, 0.1) is 0 Å². The van der Waals surface area contributed by atoms with Crippen molar-refractivity contribution in [3.05, 3.63) is 72.8 Å². The summed E-state index contributed by atoms with van der Waals surface area (Å²) >= 11 is 0. The molecule has 5 nitrogen and oxygen atoms in total. The third-order valence-electron chi connectivity index (χ3n) is 4.69. The smallest absolute Gasteiger partial charge is 0.221 e. The number of aromatic nitrogens is 1. The summed E-state index contributed by atoms with van der Waals surface area (Å²) in [6, 6.07) is 23.5. The van der Waals surface area contributed by atoms with Crippen molar-refractivity contribution in [3.63, 3.8) is 0 Å². The van der Waals surface area contributed by atoms with Crippen LogP contribution in [0.15, 0.2) is 72.8 Å². The third kappa shape index (κ3) is 3.70. The van der Waals surface area contributed by atoms with Gasteiger partial charge in [-0.1, -0.05) is 36.4 Å². The fourth-order valence-corrected chi connectivity index (χ4v) is 3.49. The second kappa shape index (κ2) is 7.74. The lowest BCUT2D eigenvalue weighted by Crippen LogP contribution is -2.23. The van der Waals surface area contributed by atoms with Crippen molar-refractivity contribution in [2.75, 3.05) is 11.9 Å². The number of amides is 1. The van der Waals surface area contributed by atoms with Crippen molar-refractivity contribution in [1.82, 2.24) is 4.57 Å². The molecule has 28 heavy (non-hydrogen) atoms. The number of hydrogen-bond donors (Lipinski definition) is 2. The van der Waals surface area contributed by atoms with E-state index in [2.05, 4.69) is 34.1 Å². The van der Waals surface area contributed by atoms with Crippen molar-refractivity contribution in [3.8, 4) is 5.75 Å². The summed E-state index contributed by atoms with van der Waals surface area (Å²) in [5, 5.41) is 15.6. The number of fused-ring (bicyclic) bond motifs is 3. The number of rotatable bonds is 6. The summed E-state index contributed by atoms with van der Waals surface area (Å²) in [6.07, 6.45) is -0.658. The molecule has 1 heterocycles. The summed E-state index contributed by atoms with van der Waals surface area (Å²) < 4.78 is 7.86. The normalized spacial score (nSPS) is 12.2. The molecule has 4 rings (SSSR count). The molecule has 0 aliphatic rings. The monoisotopic (exact) mass is 374 g/mol. The number of aliphatic hydroxyl groups excluding tert-OH is 1. The van der Waals surface area contributed by atoms with Gasteiger partial charge in [0.1, 0.15) is 18.5 Å². The summed E-state index contributed by atoms with van der Waals surface area (Å²) in [6.45, 7) is 2.09. The van der Waals surface area contributed by atoms with Gasteiger partial charge in [-0.05, 0) is 36.4 Å². The number of ether oxygens (including phenoxy) is 1. The van der Waals surface area contributed by atoms with Crippen molar-refractivity contribution >= 4 is 33.4 Å². The Kier molecular flexibility index (Phi) is 5.00. The molecule has 0 radical (unpaired) electrons. The third-order valence-corrected chi connectivity index (χ3v) is 4.69. The van der Waals surface area contributed by atoms with Crippen molar-refractivity contribution in [1.29, 1.82) is 0 Å². The molecule has 3 aromatic carbocycles. The highest BCUT2D eigenvalue weighted by Gasteiger charge is 2.13. The lowest BCUT2D eigenvalue weighted by molar-refractivity contribution is -0.114. The molecule has 0 fully saturated rings. The fraction of sp³-hybridized carbons (Fsp3) is 0.174. The Bertz CT molecular complexity index is 1060. The molecule has 0 bridgehead atoms. The molecule has 1 atom stereocenters. The molecule has 0 unspecified atom stereocenters. The quantitative estimate of drug-likeness (QED) is 0.532. The van der Waals surface area contributed by atoms with Gasteiger partial charge in [0.15, 0.2) is 0 Å². The Hall–Kier alpha value is -3.31. The van der Waals surface area contributed by atoms with E-state index in [1.807, 2.05) is 24.3 Å². The van der Waals surface area contributed by atoms with Crippen LogP contribution in [0.25, 0.3) is 21.8 Å². The fourth-order valence-electron chi connectivity index (χ4n) is 3.49. The maximum absolute atomic E-state index is 11.1. The van der Waals surface area contributed by atoms with E-state index in [0.717, 1.165) is 11.0 Å². The molecule has 5 heteroatoms.